The molecule has 1 N–H and O–H groups in total. The Labute approximate surface area is 200 Å². The van der Waals surface area contributed by atoms with Gasteiger partial charge in [0.2, 0.25) is 0 Å². The number of benzene rings is 2. The van der Waals surface area contributed by atoms with Gasteiger partial charge in [-0.05, 0) is 49.5 Å². The minimum Gasteiger partial charge on any atom is -0.492 e. The van der Waals surface area contributed by atoms with Crippen molar-refractivity contribution in [1.29, 1.82) is 0 Å². The number of hydrogen-bond acceptors (Lipinski definition) is 4. The van der Waals surface area contributed by atoms with Crippen LogP contribution < -0.4 is 10.3 Å². The summed E-state index contributed by atoms with van der Waals surface area (Å²) in [5.74, 6) is 0.361. The van der Waals surface area contributed by atoms with Gasteiger partial charge in [-0.1, -0.05) is 41.4 Å². The van der Waals surface area contributed by atoms with Crippen LogP contribution in [0.15, 0.2) is 53.3 Å². The number of pyridine rings is 1. The van der Waals surface area contributed by atoms with Crippen LogP contribution in [0.1, 0.15) is 12.5 Å². The Hall–Kier alpha value is -2.88. The molecule has 0 aliphatic rings. The lowest BCUT2D eigenvalue weighted by molar-refractivity contribution is -0.136. The third-order valence-electron chi connectivity index (χ3n) is 4.79. The highest BCUT2D eigenvalue weighted by atomic mass is 35.5. The number of aromatic amines is 1. The number of nitrogens with zero attached hydrogens (tertiary/aromatic N) is 2. The summed E-state index contributed by atoms with van der Waals surface area (Å²) in [6.45, 7) is 2.07. The molecule has 2 aromatic carbocycles. The molecule has 4 aromatic rings. The van der Waals surface area contributed by atoms with E-state index in [9.17, 15) is 18.0 Å². The van der Waals surface area contributed by atoms with Gasteiger partial charge in [-0.15, -0.1) is 0 Å². The van der Waals surface area contributed by atoms with Crippen LogP contribution in [0.5, 0.6) is 5.75 Å². The predicted octanol–water partition coefficient (Wildman–Crippen LogP) is 6.83. The standard InChI is InChI=1S/C22H14Cl2F3N3O2S/c1-2-32-17-6-4-3-5-16(17)30-19-18(20(31)29-21(30)33)12(22(25,26)27)10-15(28-19)11-7-8-13(23)14(24)9-11/h3-10H,2H2,1H3,(H,29,31,33). The molecular weight excluding hydrogens is 498 g/mol. The highest BCUT2D eigenvalue weighted by molar-refractivity contribution is 7.71. The third kappa shape index (κ3) is 4.36. The smallest absolute Gasteiger partial charge is 0.417 e. The van der Waals surface area contributed by atoms with E-state index in [4.69, 9.17) is 40.2 Å². The van der Waals surface area contributed by atoms with E-state index in [1.165, 1.54) is 22.8 Å². The lowest BCUT2D eigenvalue weighted by Crippen LogP contribution is -2.20. The summed E-state index contributed by atoms with van der Waals surface area (Å²) >= 11 is 17.3. The van der Waals surface area contributed by atoms with Crippen molar-refractivity contribution < 1.29 is 17.9 Å². The zero-order valence-corrected chi connectivity index (χ0v) is 19.2. The Balaban J connectivity index is 2.18. The predicted molar refractivity (Wildman–Crippen MR) is 124 cm³/mol. The van der Waals surface area contributed by atoms with Crippen LogP contribution in [0.3, 0.4) is 0 Å². The first-order valence-corrected chi connectivity index (χ1v) is 10.7. The van der Waals surface area contributed by atoms with Crippen LogP contribution in [-0.2, 0) is 6.18 Å². The number of aromatic nitrogens is 3. The maximum atomic E-state index is 14.1. The molecule has 0 atom stereocenters. The number of alkyl halides is 3. The summed E-state index contributed by atoms with van der Waals surface area (Å²) in [4.78, 5) is 19.4. The number of ether oxygens (including phenoxy) is 1. The molecule has 0 aliphatic heterocycles. The van der Waals surface area contributed by atoms with Gasteiger partial charge in [-0.2, -0.15) is 13.2 Å². The first-order valence-electron chi connectivity index (χ1n) is 9.56. The van der Waals surface area contributed by atoms with Gasteiger partial charge in [-0.3, -0.25) is 14.3 Å². The minimum absolute atomic E-state index is 0.0592. The molecule has 0 saturated heterocycles. The summed E-state index contributed by atoms with van der Waals surface area (Å²) in [5, 5.41) is -0.262. The van der Waals surface area contributed by atoms with Gasteiger partial charge < -0.3 is 4.74 Å². The minimum atomic E-state index is -4.85. The lowest BCUT2D eigenvalue weighted by Gasteiger charge is -2.18. The van der Waals surface area contributed by atoms with Gasteiger partial charge in [0.25, 0.3) is 5.56 Å². The van der Waals surface area contributed by atoms with Crippen LogP contribution in [0.25, 0.3) is 28.0 Å². The van der Waals surface area contributed by atoms with Gasteiger partial charge in [-0.25, -0.2) is 4.98 Å². The van der Waals surface area contributed by atoms with E-state index in [1.54, 1.807) is 31.2 Å². The molecule has 2 heterocycles. The summed E-state index contributed by atoms with van der Waals surface area (Å²) in [6.07, 6.45) is -4.85. The Morgan fingerprint density at radius 1 is 1.12 bits per heavy atom. The maximum Gasteiger partial charge on any atom is 0.417 e. The van der Waals surface area contributed by atoms with E-state index in [0.29, 0.717) is 18.0 Å². The average molecular weight is 512 g/mol. The largest absolute Gasteiger partial charge is 0.492 e. The molecule has 0 radical (unpaired) electrons. The van der Waals surface area contributed by atoms with Crippen LogP contribution in [0, 0.1) is 4.77 Å². The molecular formula is C22H14Cl2F3N3O2S. The topological polar surface area (TPSA) is 59.9 Å². The summed E-state index contributed by atoms with van der Waals surface area (Å²) < 4.78 is 49.0. The SMILES string of the molecule is CCOc1ccccc1-n1c(=S)[nH]c(=O)c2c(C(F)(F)F)cc(-c3ccc(Cl)c(Cl)c3)nc21. The van der Waals surface area contributed by atoms with Gasteiger partial charge in [0.05, 0.1) is 39.0 Å². The number of fused-ring (bicyclic) bond motifs is 1. The maximum absolute atomic E-state index is 14.1. The van der Waals surface area contributed by atoms with Crippen molar-refractivity contribution in [2.75, 3.05) is 6.61 Å². The molecule has 0 aliphatic carbocycles. The van der Waals surface area contributed by atoms with E-state index in [2.05, 4.69) is 9.97 Å². The Bertz CT molecular complexity index is 1500. The molecule has 0 spiro atoms. The second-order valence-electron chi connectivity index (χ2n) is 6.88. The van der Waals surface area contributed by atoms with Crippen molar-refractivity contribution in [2.45, 2.75) is 13.1 Å². The second-order valence-corrected chi connectivity index (χ2v) is 8.08. The molecule has 0 saturated carbocycles. The average Bonchev–Trinajstić information content (AvgIpc) is 2.75. The summed E-state index contributed by atoms with van der Waals surface area (Å²) in [5.41, 5.74) is -1.87. The van der Waals surface area contributed by atoms with Crippen molar-refractivity contribution >= 4 is 46.5 Å². The van der Waals surface area contributed by atoms with Crippen LogP contribution in [0.4, 0.5) is 13.2 Å². The van der Waals surface area contributed by atoms with Crippen molar-refractivity contribution in [3.63, 3.8) is 0 Å². The zero-order chi connectivity index (χ0) is 23.9. The van der Waals surface area contributed by atoms with Crippen molar-refractivity contribution in [3.05, 3.63) is 79.3 Å². The van der Waals surface area contributed by atoms with Gasteiger partial charge >= 0.3 is 6.18 Å². The first kappa shape index (κ1) is 23.3. The fourth-order valence-electron chi connectivity index (χ4n) is 3.40. The van der Waals surface area contributed by atoms with Crippen LogP contribution in [0.2, 0.25) is 10.0 Å². The summed E-state index contributed by atoms with van der Waals surface area (Å²) in [7, 11) is 0. The highest BCUT2D eigenvalue weighted by Gasteiger charge is 2.36. The van der Waals surface area contributed by atoms with Gasteiger partial charge in [0.1, 0.15) is 5.75 Å². The fraction of sp³-hybridized carbons (Fsp3) is 0.136. The number of para-hydroxylation sites is 2. The molecule has 4 rings (SSSR count). The molecule has 0 bridgehead atoms. The van der Waals surface area contributed by atoms with Gasteiger partial charge in [0, 0.05) is 5.56 Å². The van der Waals surface area contributed by atoms with Crippen molar-refractivity contribution in [2.24, 2.45) is 0 Å². The molecule has 0 fully saturated rings. The highest BCUT2D eigenvalue weighted by Crippen LogP contribution is 2.37. The Kier molecular flexibility index (Phi) is 6.22. The normalized spacial score (nSPS) is 11.7. The Morgan fingerprint density at radius 3 is 2.52 bits per heavy atom. The molecule has 0 unspecified atom stereocenters. The Morgan fingerprint density at radius 2 is 1.85 bits per heavy atom. The number of rotatable bonds is 4. The lowest BCUT2D eigenvalue weighted by atomic mass is 10.1. The van der Waals surface area contributed by atoms with Crippen LogP contribution in [-0.4, -0.2) is 21.1 Å². The van der Waals surface area contributed by atoms with Gasteiger partial charge in [0.15, 0.2) is 10.4 Å². The van der Waals surface area contributed by atoms with E-state index in [1.807, 2.05) is 0 Å². The van der Waals surface area contributed by atoms with E-state index in [0.717, 1.165) is 6.07 Å². The number of halogens is 5. The van der Waals surface area contributed by atoms with E-state index < -0.39 is 22.7 Å². The number of H-pyrrole nitrogens is 1. The molecule has 170 valence electrons. The molecule has 5 nitrogen and oxygen atoms in total. The number of nitrogens with one attached hydrogen (secondary N) is 1. The summed E-state index contributed by atoms with van der Waals surface area (Å²) in [6, 6.07) is 11.8. The van der Waals surface area contributed by atoms with Crippen molar-refractivity contribution in [1.82, 2.24) is 14.5 Å². The fourth-order valence-corrected chi connectivity index (χ4v) is 3.97. The quantitative estimate of drug-likeness (QED) is 0.305. The molecule has 33 heavy (non-hydrogen) atoms. The van der Waals surface area contributed by atoms with E-state index in [-0.39, 0.29) is 31.7 Å². The number of hydrogen-bond donors (Lipinski definition) is 1. The molecule has 2 aromatic heterocycles. The van der Waals surface area contributed by atoms with Crippen molar-refractivity contribution in [3.8, 4) is 22.7 Å². The van der Waals surface area contributed by atoms with E-state index >= 15 is 0 Å². The molecule has 11 heteroatoms. The second kappa shape index (κ2) is 8.81. The van der Waals surface area contributed by atoms with Crippen LogP contribution >= 0.6 is 35.4 Å². The monoisotopic (exact) mass is 511 g/mol. The third-order valence-corrected chi connectivity index (χ3v) is 5.81. The zero-order valence-electron chi connectivity index (χ0n) is 16.8. The molecule has 0 amide bonds. The first-order chi connectivity index (χ1) is 15.6.